The van der Waals surface area contributed by atoms with Gasteiger partial charge in [-0.1, -0.05) is 19.8 Å². The van der Waals surface area contributed by atoms with Gasteiger partial charge in [0, 0.05) is 18.2 Å². The fraction of sp³-hybridized carbons (Fsp3) is 0.500. The van der Waals surface area contributed by atoms with Gasteiger partial charge in [0.25, 0.3) is 5.91 Å². The molecule has 1 amide bonds. The van der Waals surface area contributed by atoms with Crippen molar-refractivity contribution in [2.45, 2.75) is 38.8 Å². The highest BCUT2D eigenvalue weighted by atomic mass is 35.5. The minimum atomic E-state index is -2.87. The van der Waals surface area contributed by atoms with E-state index >= 15 is 0 Å². The molecule has 1 rings (SSSR count). The van der Waals surface area contributed by atoms with E-state index in [0.717, 1.165) is 19.3 Å². The SMILES string of the molecule is CCCCC(CN)NC(=O)c1ccc(OC(F)F)cc1.Cl. The zero-order chi connectivity index (χ0) is 15.0. The van der Waals surface area contributed by atoms with Crippen LogP contribution in [0.4, 0.5) is 8.78 Å². The normalized spacial score (nSPS) is 11.7. The van der Waals surface area contributed by atoms with Crippen LogP contribution in [-0.2, 0) is 0 Å². The number of alkyl halides is 2. The van der Waals surface area contributed by atoms with E-state index in [4.69, 9.17) is 5.73 Å². The van der Waals surface area contributed by atoms with Crippen LogP contribution in [0.15, 0.2) is 24.3 Å². The minimum Gasteiger partial charge on any atom is -0.435 e. The smallest absolute Gasteiger partial charge is 0.387 e. The summed E-state index contributed by atoms with van der Waals surface area (Å²) in [5.74, 6) is -0.238. The van der Waals surface area contributed by atoms with Gasteiger partial charge in [-0.15, -0.1) is 12.4 Å². The minimum absolute atomic E-state index is 0. The summed E-state index contributed by atoms with van der Waals surface area (Å²) in [6.07, 6.45) is 2.85. The van der Waals surface area contributed by atoms with Crippen molar-refractivity contribution in [3.8, 4) is 5.75 Å². The van der Waals surface area contributed by atoms with E-state index in [1.807, 2.05) is 0 Å². The maximum atomic E-state index is 12.0. The number of hydrogen-bond donors (Lipinski definition) is 2. The Labute approximate surface area is 129 Å². The molecule has 21 heavy (non-hydrogen) atoms. The van der Waals surface area contributed by atoms with Crippen LogP contribution in [0.3, 0.4) is 0 Å². The number of rotatable bonds is 8. The number of ether oxygens (including phenoxy) is 1. The molecule has 1 atom stereocenters. The third kappa shape index (κ3) is 7.24. The lowest BCUT2D eigenvalue weighted by Gasteiger charge is -2.16. The topological polar surface area (TPSA) is 64.3 Å². The molecule has 0 spiro atoms. The molecule has 1 aromatic rings. The highest BCUT2D eigenvalue weighted by molar-refractivity contribution is 5.94. The molecule has 0 aromatic heterocycles. The van der Waals surface area contributed by atoms with Crippen molar-refractivity contribution in [2.24, 2.45) is 5.73 Å². The monoisotopic (exact) mass is 322 g/mol. The largest absolute Gasteiger partial charge is 0.435 e. The summed E-state index contributed by atoms with van der Waals surface area (Å²) in [6, 6.07) is 5.50. The predicted molar refractivity (Wildman–Crippen MR) is 80.2 cm³/mol. The summed E-state index contributed by atoms with van der Waals surface area (Å²) in [4.78, 5) is 12.0. The van der Waals surface area contributed by atoms with Gasteiger partial charge in [-0.3, -0.25) is 4.79 Å². The molecule has 0 saturated heterocycles. The first-order chi connectivity index (χ1) is 9.56. The highest BCUT2D eigenvalue weighted by Crippen LogP contribution is 2.15. The summed E-state index contributed by atoms with van der Waals surface area (Å²) < 4.78 is 28.2. The lowest BCUT2D eigenvalue weighted by Crippen LogP contribution is -2.40. The number of carbonyl (C=O) groups excluding carboxylic acids is 1. The second-order valence-electron chi connectivity index (χ2n) is 4.45. The molecule has 0 aliphatic carbocycles. The average Bonchev–Trinajstić information content (AvgIpc) is 2.43. The molecule has 0 heterocycles. The Balaban J connectivity index is 0.00000400. The maximum Gasteiger partial charge on any atom is 0.387 e. The Morgan fingerprint density at radius 1 is 1.33 bits per heavy atom. The number of hydrogen-bond acceptors (Lipinski definition) is 3. The van der Waals surface area contributed by atoms with E-state index in [-0.39, 0.29) is 30.1 Å². The van der Waals surface area contributed by atoms with Crippen molar-refractivity contribution in [3.63, 3.8) is 0 Å². The standard InChI is InChI=1S/C14H20F2N2O2.ClH/c1-2-3-4-11(9-17)18-13(19)10-5-7-12(8-6-10)20-14(15)16;/h5-8,11,14H,2-4,9,17H2,1H3,(H,18,19);1H. The molecule has 7 heteroatoms. The van der Waals surface area contributed by atoms with E-state index in [0.29, 0.717) is 12.1 Å². The van der Waals surface area contributed by atoms with Crippen LogP contribution in [0, 0.1) is 0 Å². The van der Waals surface area contributed by atoms with Gasteiger partial charge in [0.1, 0.15) is 5.75 Å². The van der Waals surface area contributed by atoms with Gasteiger partial charge in [-0.05, 0) is 30.7 Å². The number of benzene rings is 1. The molecule has 1 aromatic carbocycles. The number of nitrogens with two attached hydrogens (primary N) is 1. The first-order valence-electron chi connectivity index (χ1n) is 6.62. The van der Waals surface area contributed by atoms with Crippen molar-refractivity contribution in [1.82, 2.24) is 5.32 Å². The van der Waals surface area contributed by atoms with Crippen LogP contribution in [0.2, 0.25) is 0 Å². The number of unbranched alkanes of at least 4 members (excludes halogenated alkanes) is 1. The first-order valence-corrected chi connectivity index (χ1v) is 6.62. The molecule has 3 N–H and O–H groups in total. The van der Waals surface area contributed by atoms with Crippen molar-refractivity contribution >= 4 is 18.3 Å². The summed E-state index contributed by atoms with van der Waals surface area (Å²) in [5.41, 5.74) is 5.99. The molecular formula is C14H21ClF2N2O2. The number of carbonyl (C=O) groups is 1. The van der Waals surface area contributed by atoms with Gasteiger partial charge >= 0.3 is 6.61 Å². The molecular weight excluding hydrogens is 302 g/mol. The van der Waals surface area contributed by atoms with Crippen LogP contribution in [0.25, 0.3) is 0 Å². The van der Waals surface area contributed by atoms with E-state index in [2.05, 4.69) is 17.0 Å². The molecule has 0 aliphatic rings. The Bertz CT molecular complexity index is 416. The Kier molecular flexibility index (Phi) is 9.65. The van der Waals surface area contributed by atoms with Gasteiger partial charge < -0.3 is 15.8 Å². The zero-order valence-electron chi connectivity index (χ0n) is 11.9. The molecule has 4 nitrogen and oxygen atoms in total. The van der Waals surface area contributed by atoms with E-state index < -0.39 is 6.61 Å². The molecule has 120 valence electrons. The molecule has 0 fully saturated rings. The Morgan fingerprint density at radius 2 is 1.95 bits per heavy atom. The predicted octanol–water partition coefficient (Wildman–Crippen LogP) is 2.96. The number of nitrogens with one attached hydrogen (secondary N) is 1. The summed E-state index contributed by atoms with van der Waals surface area (Å²) in [7, 11) is 0. The summed E-state index contributed by atoms with van der Waals surface area (Å²) in [6.45, 7) is -0.430. The lowest BCUT2D eigenvalue weighted by atomic mass is 10.1. The fourth-order valence-electron chi connectivity index (χ4n) is 1.76. The average molecular weight is 323 g/mol. The van der Waals surface area contributed by atoms with Crippen LogP contribution in [0.5, 0.6) is 5.75 Å². The van der Waals surface area contributed by atoms with E-state index in [9.17, 15) is 13.6 Å². The third-order valence-electron chi connectivity index (χ3n) is 2.87. The molecule has 0 aliphatic heterocycles. The van der Waals surface area contributed by atoms with Crippen molar-refractivity contribution < 1.29 is 18.3 Å². The highest BCUT2D eigenvalue weighted by Gasteiger charge is 2.12. The van der Waals surface area contributed by atoms with Gasteiger partial charge in [0.2, 0.25) is 0 Å². The maximum absolute atomic E-state index is 12.0. The van der Waals surface area contributed by atoms with Crippen molar-refractivity contribution in [3.05, 3.63) is 29.8 Å². The molecule has 0 radical (unpaired) electrons. The zero-order valence-corrected chi connectivity index (χ0v) is 12.7. The summed E-state index contributed by atoms with van der Waals surface area (Å²) in [5, 5.41) is 2.83. The fourth-order valence-corrected chi connectivity index (χ4v) is 1.76. The van der Waals surface area contributed by atoms with E-state index in [1.165, 1.54) is 24.3 Å². The van der Waals surface area contributed by atoms with Gasteiger partial charge in [0.05, 0.1) is 0 Å². The molecule has 0 bridgehead atoms. The van der Waals surface area contributed by atoms with Gasteiger partial charge in [-0.25, -0.2) is 0 Å². The second-order valence-corrected chi connectivity index (χ2v) is 4.45. The lowest BCUT2D eigenvalue weighted by molar-refractivity contribution is -0.0498. The Hall–Kier alpha value is -1.40. The van der Waals surface area contributed by atoms with Crippen molar-refractivity contribution in [2.75, 3.05) is 6.54 Å². The molecule has 1 unspecified atom stereocenters. The first kappa shape index (κ1) is 19.6. The van der Waals surface area contributed by atoms with Gasteiger partial charge in [0.15, 0.2) is 0 Å². The number of amides is 1. The van der Waals surface area contributed by atoms with E-state index in [1.54, 1.807) is 0 Å². The van der Waals surface area contributed by atoms with Crippen molar-refractivity contribution in [1.29, 1.82) is 0 Å². The Morgan fingerprint density at radius 3 is 2.43 bits per heavy atom. The molecule has 0 saturated carbocycles. The summed E-state index contributed by atoms with van der Waals surface area (Å²) >= 11 is 0. The quantitative estimate of drug-likeness (QED) is 0.773. The van der Waals surface area contributed by atoms with Crippen LogP contribution in [0.1, 0.15) is 36.5 Å². The van der Waals surface area contributed by atoms with Crippen LogP contribution < -0.4 is 15.8 Å². The van der Waals surface area contributed by atoms with Gasteiger partial charge in [-0.2, -0.15) is 8.78 Å². The number of halogens is 3. The van der Waals surface area contributed by atoms with Crippen LogP contribution in [-0.4, -0.2) is 25.1 Å². The third-order valence-corrected chi connectivity index (χ3v) is 2.87. The second kappa shape index (κ2) is 10.3. The van der Waals surface area contributed by atoms with Crippen LogP contribution >= 0.6 is 12.4 Å².